The number of carbonyl (C=O) groups is 1. The van der Waals surface area contributed by atoms with Crippen LogP contribution >= 0.6 is 0 Å². The zero-order valence-corrected chi connectivity index (χ0v) is 10.2. The van der Waals surface area contributed by atoms with E-state index in [1.165, 1.54) is 0 Å². The first kappa shape index (κ1) is 14.2. The minimum absolute atomic E-state index is 0.259. The zero-order valence-electron chi connectivity index (χ0n) is 10.2. The minimum Gasteiger partial charge on any atom is -0.444 e. The molecule has 0 bridgehead atoms. The van der Waals surface area contributed by atoms with E-state index in [0.717, 1.165) is 12.8 Å². The zero-order chi connectivity index (χ0) is 11.9. The third-order valence-electron chi connectivity index (χ3n) is 1.85. The molecule has 0 aromatic rings. The molecule has 0 radical (unpaired) electrons. The molecule has 0 rings (SSSR count). The van der Waals surface area contributed by atoms with Crippen LogP contribution in [-0.2, 0) is 4.74 Å². The van der Waals surface area contributed by atoms with Gasteiger partial charge in [0.15, 0.2) is 0 Å². The third kappa shape index (κ3) is 9.53. The first-order valence-corrected chi connectivity index (χ1v) is 5.50. The SMILES string of the molecule is CC[C@H](O)CCCNC(=O)OC(C)(C)C. The summed E-state index contributed by atoms with van der Waals surface area (Å²) in [6.45, 7) is 7.96. The molecule has 0 heterocycles. The van der Waals surface area contributed by atoms with E-state index < -0.39 is 11.7 Å². The summed E-state index contributed by atoms with van der Waals surface area (Å²) in [5, 5.41) is 11.9. The lowest BCUT2D eigenvalue weighted by Crippen LogP contribution is -2.33. The Morgan fingerprint density at radius 1 is 1.47 bits per heavy atom. The molecule has 0 aromatic carbocycles. The Hall–Kier alpha value is -0.770. The van der Waals surface area contributed by atoms with Crippen LogP contribution in [0.1, 0.15) is 47.0 Å². The lowest BCUT2D eigenvalue weighted by molar-refractivity contribution is 0.0523. The van der Waals surface area contributed by atoms with E-state index in [9.17, 15) is 9.90 Å². The molecule has 90 valence electrons. The molecular weight excluding hydrogens is 194 g/mol. The van der Waals surface area contributed by atoms with Crippen LogP contribution in [0.2, 0.25) is 0 Å². The summed E-state index contributed by atoms with van der Waals surface area (Å²) in [6.07, 6.45) is 1.59. The highest BCUT2D eigenvalue weighted by molar-refractivity contribution is 5.67. The maximum Gasteiger partial charge on any atom is 0.407 e. The number of nitrogens with one attached hydrogen (secondary N) is 1. The van der Waals surface area contributed by atoms with Gasteiger partial charge in [-0.15, -0.1) is 0 Å². The highest BCUT2D eigenvalue weighted by Gasteiger charge is 2.15. The molecular formula is C11H23NO3. The summed E-state index contributed by atoms with van der Waals surface area (Å²) in [6, 6.07) is 0. The number of carbonyl (C=O) groups excluding carboxylic acids is 1. The highest BCUT2D eigenvalue weighted by Crippen LogP contribution is 2.06. The number of aliphatic hydroxyl groups is 1. The summed E-state index contributed by atoms with van der Waals surface area (Å²) in [5.74, 6) is 0. The Balaban J connectivity index is 3.48. The molecule has 4 nitrogen and oxygen atoms in total. The van der Waals surface area contributed by atoms with E-state index in [0.29, 0.717) is 13.0 Å². The number of amides is 1. The van der Waals surface area contributed by atoms with Gasteiger partial charge in [-0.1, -0.05) is 6.92 Å². The van der Waals surface area contributed by atoms with Crippen molar-refractivity contribution >= 4 is 6.09 Å². The molecule has 2 N–H and O–H groups in total. The Morgan fingerprint density at radius 2 is 2.07 bits per heavy atom. The molecule has 0 aliphatic carbocycles. The molecule has 0 aliphatic heterocycles. The van der Waals surface area contributed by atoms with Gasteiger partial charge >= 0.3 is 6.09 Å². The minimum atomic E-state index is -0.451. The molecule has 0 fully saturated rings. The van der Waals surface area contributed by atoms with E-state index in [-0.39, 0.29) is 6.10 Å². The highest BCUT2D eigenvalue weighted by atomic mass is 16.6. The first-order valence-electron chi connectivity index (χ1n) is 5.50. The first-order chi connectivity index (χ1) is 6.85. The summed E-state index contributed by atoms with van der Waals surface area (Å²) < 4.78 is 5.06. The van der Waals surface area contributed by atoms with Crippen molar-refractivity contribution in [2.45, 2.75) is 58.7 Å². The summed E-state index contributed by atoms with van der Waals surface area (Å²) in [7, 11) is 0. The van der Waals surface area contributed by atoms with Crippen molar-refractivity contribution in [1.29, 1.82) is 0 Å². The van der Waals surface area contributed by atoms with Gasteiger partial charge in [0, 0.05) is 6.54 Å². The molecule has 15 heavy (non-hydrogen) atoms. The smallest absolute Gasteiger partial charge is 0.407 e. The Bertz CT molecular complexity index is 187. The fourth-order valence-corrected chi connectivity index (χ4v) is 1.05. The summed E-state index contributed by atoms with van der Waals surface area (Å²) in [5.41, 5.74) is -0.451. The van der Waals surface area contributed by atoms with Crippen molar-refractivity contribution in [1.82, 2.24) is 5.32 Å². The predicted molar refractivity (Wildman–Crippen MR) is 59.8 cm³/mol. The second-order valence-corrected chi connectivity index (χ2v) is 4.63. The van der Waals surface area contributed by atoms with Crippen molar-refractivity contribution in [3.05, 3.63) is 0 Å². The Kier molecular flexibility index (Phi) is 6.32. The van der Waals surface area contributed by atoms with Gasteiger partial charge in [0.25, 0.3) is 0 Å². The van der Waals surface area contributed by atoms with E-state index in [4.69, 9.17) is 4.74 Å². The standard InChI is InChI=1S/C11H23NO3/c1-5-9(13)7-6-8-12-10(14)15-11(2,3)4/h9,13H,5-8H2,1-4H3,(H,12,14)/t9-/m0/s1. The third-order valence-corrected chi connectivity index (χ3v) is 1.85. The van der Waals surface area contributed by atoms with Gasteiger partial charge in [0.1, 0.15) is 5.60 Å². The molecule has 0 saturated carbocycles. The van der Waals surface area contributed by atoms with Gasteiger partial charge in [-0.2, -0.15) is 0 Å². The van der Waals surface area contributed by atoms with Gasteiger partial charge in [-0.05, 0) is 40.0 Å². The number of ether oxygens (including phenoxy) is 1. The van der Waals surface area contributed by atoms with Crippen molar-refractivity contribution in [3.63, 3.8) is 0 Å². The van der Waals surface area contributed by atoms with Crippen LogP contribution in [0.4, 0.5) is 4.79 Å². The van der Waals surface area contributed by atoms with Crippen molar-refractivity contribution in [3.8, 4) is 0 Å². The topological polar surface area (TPSA) is 58.6 Å². The number of rotatable bonds is 5. The lowest BCUT2D eigenvalue weighted by Gasteiger charge is -2.19. The van der Waals surface area contributed by atoms with Crippen LogP contribution in [0.15, 0.2) is 0 Å². The average Bonchev–Trinajstić information content (AvgIpc) is 2.09. The fourth-order valence-electron chi connectivity index (χ4n) is 1.05. The molecule has 0 spiro atoms. The second-order valence-electron chi connectivity index (χ2n) is 4.63. The normalized spacial score (nSPS) is 13.4. The van der Waals surface area contributed by atoms with Gasteiger partial charge in [-0.3, -0.25) is 0 Å². The van der Waals surface area contributed by atoms with Crippen molar-refractivity contribution in [2.75, 3.05) is 6.54 Å². The van der Waals surface area contributed by atoms with Gasteiger partial charge in [0.05, 0.1) is 6.10 Å². The monoisotopic (exact) mass is 217 g/mol. The van der Waals surface area contributed by atoms with Crippen LogP contribution in [0.5, 0.6) is 0 Å². The van der Waals surface area contributed by atoms with Crippen LogP contribution in [0.25, 0.3) is 0 Å². The van der Waals surface area contributed by atoms with Gasteiger partial charge < -0.3 is 15.2 Å². The number of aliphatic hydroxyl groups excluding tert-OH is 1. The molecule has 0 aromatic heterocycles. The fraction of sp³-hybridized carbons (Fsp3) is 0.909. The van der Waals surface area contributed by atoms with Gasteiger partial charge in [0.2, 0.25) is 0 Å². The molecule has 4 heteroatoms. The molecule has 1 atom stereocenters. The second kappa shape index (κ2) is 6.67. The van der Waals surface area contributed by atoms with E-state index in [1.54, 1.807) is 0 Å². The van der Waals surface area contributed by atoms with Crippen LogP contribution in [0.3, 0.4) is 0 Å². The molecule has 0 saturated heterocycles. The molecule has 0 aliphatic rings. The van der Waals surface area contributed by atoms with E-state index >= 15 is 0 Å². The summed E-state index contributed by atoms with van der Waals surface area (Å²) in [4.78, 5) is 11.2. The van der Waals surface area contributed by atoms with E-state index in [1.807, 2.05) is 27.7 Å². The van der Waals surface area contributed by atoms with Crippen LogP contribution in [0, 0.1) is 0 Å². The van der Waals surface area contributed by atoms with Gasteiger partial charge in [-0.25, -0.2) is 4.79 Å². The van der Waals surface area contributed by atoms with Crippen molar-refractivity contribution < 1.29 is 14.6 Å². The number of hydrogen-bond donors (Lipinski definition) is 2. The predicted octanol–water partition coefficient (Wildman–Crippen LogP) is 2.06. The average molecular weight is 217 g/mol. The number of hydrogen-bond acceptors (Lipinski definition) is 3. The maximum absolute atomic E-state index is 11.2. The van der Waals surface area contributed by atoms with Crippen molar-refractivity contribution in [2.24, 2.45) is 0 Å². The quantitative estimate of drug-likeness (QED) is 0.693. The number of alkyl carbamates (subject to hydrolysis) is 1. The Morgan fingerprint density at radius 3 is 2.53 bits per heavy atom. The Labute approximate surface area is 92.0 Å². The van der Waals surface area contributed by atoms with Crippen LogP contribution < -0.4 is 5.32 Å². The largest absolute Gasteiger partial charge is 0.444 e. The molecule has 0 unspecified atom stereocenters. The molecule has 1 amide bonds. The summed E-state index contributed by atoms with van der Waals surface area (Å²) >= 11 is 0. The van der Waals surface area contributed by atoms with Crippen LogP contribution in [-0.4, -0.2) is 29.4 Å². The lowest BCUT2D eigenvalue weighted by atomic mass is 10.1. The van der Waals surface area contributed by atoms with E-state index in [2.05, 4.69) is 5.32 Å². The maximum atomic E-state index is 11.2.